The molecule has 1 aliphatic rings. The second-order valence-electron chi connectivity index (χ2n) is 5.76. The van der Waals surface area contributed by atoms with Crippen molar-refractivity contribution in [2.24, 2.45) is 11.7 Å². The molecule has 1 fully saturated rings. The van der Waals surface area contributed by atoms with E-state index in [-0.39, 0.29) is 0 Å². The van der Waals surface area contributed by atoms with Gasteiger partial charge in [-0.3, -0.25) is 0 Å². The van der Waals surface area contributed by atoms with Crippen LogP contribution in [0.15, 0.2) is 18.2 Å². The molecule has 0 spiro atoms. The van der Waals surface area contributed by atoms with E-state index in [0.29, 0.717) is 0 Å². The van der Waals surface area contributed by atoms with Crippen LogP contribution in [0, 0.1) is 12.8 Å². The van der Waals surface area contributed by atoms with Gasteiger partial charge in [0.2, 0.25) is 0 Å². The molecule has 1 aliphatic heterocycles. The van der Waals surface area contributed by atoms with Crippen molar-refractivity contribution in [3.8, 4) is 0 Å². The summed E-state index contributed by atoms with van der Waals surface area (Å²) in [5.74, 6) is 0.864. The van der Waals surface area contributed by atoms with E-state index in [2.05, 4.69) is 24.0 Å². The Morgan fingerprint density at radius 2 is 2.11 bits per heavy atom. The topological polar surface area (TPSA) is 55.3 Å². The van der Waals surface area contributed by atoms with Gasteiger partial charge in [-0.2, -0.15) is 0 Å². The summed E-state index contributed by atoms with van der Waals surface area (Å²) >= 11 is 0. The van der Waals surface area contributed by atoms with Crippen LogP contribution < -0.4 is 16.4 Å². The molecule has 1 saturated heterocycles. The van der Waals surface area contributed by atoms with Crippen LogP contribution >= 0.6 is 0 Å². The first-order chi connectivity index (χ1) is 9.20. The van der Waals surface area contributed by atoms with Crippen LogP contribution in [0.5, 0.6) is 0 Å². The highest BCUT2D eigenvalue weighted by Crippen LogP contribution is 2.27. The Labute approximate surface area is 117 Å². The quantitative estimate of drug-likeness (QED) is 0.819. The van der Waals surface area contributed by atoms with Crippen LogP contribution in [-0.4, -0.2) is 19.6 Å². The zero-order valence-corrected chi connectivity index (χ0v) is 12.1. The molecule has 1 atom stereocenters. The first-order valence-electron chi connectivity index (χ1n) is 7.52. The third-order valence-electron chi connectivity index (χ3n) is 4.28. The lowest BCUT2D eigenvalue weighted by atomic mass is 9.95. The number of anilines is 2. The summed E-state index contributed by atoms with van der Waals surface area (Å²) in [7, 11) is 0. The standard InChI is InChI=1S/C16H27N3/c1-13-12-15(6-7-16(13)18)19-10-3-5-14(8-11-19)4-2-9-17/h6-7,12,14H,2-5,8-11,17-18H2,1H3. The molecule has 0 radical (unpaired) electrons. The Morgan fingerprint density at radius 3 is 2.84 bits per heavy atom. The molecule has 106 valence electrons. The lowest BCUT2D eigenvalue weighted by Gasteiger charge is -2.23. The number of nitrogen functional groups attached to an aromatic ring is 1. The molecule has 0 amide bonds. The van der Waals surface area contributed by atoms with Gasteiger partial charge in [0, 0.05) is 24.5 Å². The van der Waals surface area contributed by atoms with E-state index in [9.17, 15) is 0 Å². The second-order valence-corrected chi connectivity index (χ2v) is 5.76. The van der Waals surface area contributed by atoms with Gasteiger partial charge in [-0.25, -0.2) is 0 Å². The van der Waals surface area contributed by atoms with E-state index in [1.165, 1.54) is 56.4 Å². The SMILES string of the molecule is Cc1cc(N2CCCC(CCCN)CC2)ccc1N. The fourth-order valence-corrected chi connectivity index (χ4v) is 2.98. The van der Waals surface area contributed by atoms with E-state index in [1.807, 2.05) is 6.07 Å². The fraction of sp³-hybridized carbons (Fsp3) is 0.625. The summed E-state index contributed by atoms with van der Waals surface area (Å²) in [6.45, 7) is 5.25. The smallest absolute Gasteiger partial charge is 0.0370 e. The van der Waals surface area contributed by atoms with Crippen molar-refractivity contribution in [1.82, 2.24) is 0 Å². The first-order valence-corrected chi connectivity index (χ1v) is 7.52. The highest BCUT2D eigenvalue weighted by atomic mass is 15.1. The molecule has 0 bridgehead atoms. The minimum absolute atomic E-state index is 0.831. The number of hydrogen-bond donors (Lipinski definition) is 2. The second kappa shape index (κ2) is 6.80. The number of rotatable bonds is 4. The monoisotopic (exact) mass is 261 g/mol. The summed E-state index contributed by atoms with van der Waals surface area (Å²) in [5.41, 5.74) is 14.9. The van der Waals surface area contributed by atoms with Gasteiger partial charge in [0.1, 0.15) is 0 Å². The van der Waals surface area contributed by atoms with Crippen molar-refractivity contribution in [3.63, 3.8) is 0 Å². The molecule has 0 aliphatic carbocycles. The number of hydrogen-bond acceptors (Lipinski definition) is 3. The summed E-state index contributed by atoms with van der Waals surface area (Å²) in [4.78, 5) is 2.51. The normalized spacial score (nSPS) is 20.3. The van der Waals surface area contributed by atoms with Gasteiger partial charge in [-0.05, 0) is 75.3 Å². The summed E-state index contributed by atoms with van der Waals surface area (Å²) in [5, 5.41) is 0. The van der Waals surface area contributed by atoms with Crippen LogP contribution in [0.3, 0.4) is 0 Å². The molecule has 1 aromatic carbocycles. The molecule has 2 rings (SSSR count). The van der Waals surface area contributed by atoms with Crippen LogP contribution in [0.25, 0.3) is 0 Å². The highest BCUT2D eigenvalue weighted by Gasteiger charge is 2.17. The molecule has 1 heterocycles. The molecule has 1 aromatic rings. The molecular formula is C16H27N3. The first kappa shape index (κ1) is 14.2. The van der Waals surface area contributed by atoms with Gasteiger partial charge in [-0.1, -0.05) is 0 Å². The molecule has 1 unspecified atom stereocenters. The molecule has 0 aromatic heterocycles. The number of benzene rings is 1. The molecule has 19 heavy (non-hydrogen) atoms. The van der Waals surface area contributed by atoms with Crippen LogP contribution in [0.2, 0.25) is 0 Å². The van der Waals surface area contributed by atoms with E-state index >= 15 is 0 Å². The average molecular weight is 261 g/mol. The molecule has 3 nitrogen and oxygen atoms in total. The van der Waals surface area contributed by atoms with E-state index in [1.54, 1.807) is 0 Å². The maximum Gasteiger partial charge on any atom is 0.0370 e. The third-order valence-corrected chi connectivity index (χ3v) is 4.28. The predicted octanol–water partition coefficient (Wildman–Crippen LogP) is 2.92. The summed E-state index contributed by atoms with van der Waals surface area (Å²) in [6.07, 6.45) is 6.41. The lowest BCUT2D eigenvalue weighted by molar-refractivity contribution is 0.429. The largest absolute Gasteiger partial charge is 0.399 e. The van der Waals surface area contributed by atoms with Gasteiger partial charge in [0.05, 0.1) is 0 Å². The zero-order chi connectivity index (χ0) is 13.7. The number of aryl methyl sites for hydroxylation is 1. The van der Waals surface area contributed by atoms with Crippen molar-refractivity contribution in [2.45, 2.75) is 39.0 Å². The Morgan fingerprint density at radius 1 is 1.26 bits per heavy atom. The maximum atomic E-state index is 5.90. The summed E-state index contributed by atoms with van der Waals surface area (Å²) < 4.78 is 0. The van der Waals surface area contributed by atoms with Crippen LogP contribution in [0.1, 0.15) is 37.7 Å². The maximum absolute atomic E-state index is 5.90. The third kappa shape index (κ3) is 3.87. The molecule has 4 N–H and O–H groups in total. The predicted molar refractivity (Wildman–Crippen MR) is 83.4 cm³/mol. The van der Waals surface area contributed by atoms with E-state index in [0.717, 1.165) is 18.2 Å². The van der Waals surface area contributed by atoms with Crippen molar-refractivity contribution < 1.29 is 0 Å². The molecule has 3 heteroatoms. The Bertz CT molecular complexity index is 403. The number of nitrogens with zero attached hydrogens (tertiary/aromatic N) is 1. The molecular weight excluding hydrogens is 234 g/mol. The summed E-state index contributed by atoms with van der Waals surface area (Å²) in [6, 6.07) is 6.40. The lowest BCUT2D eigenvalue weighted by Crippen LogP contribution is -2.24. The Kier molecular flexibility index (Phi) is 5.08. The van der Waals surface area contributed by atoms with E-state index < -0.39 is 0 Å². The van der Waals surface area contributed by atoms with Gasteiger partial charge >= 0.3 is 0 Å². The van der Waals surface area contributed by atoms with E-state index in [4.69, 9.17) is 11.5 Å². The van der Waals surface area contributed by atoms with Gasteiger partial charge < -0.3 is 16.4 Å². The minimum Gasteiger partial charge on any atom is -0.399 e. The van der Waals surface area contributed by atoms with Crippen molar-refractivity contribution in [1.29, 1.82) is 0 Å². The van der Waals surface area contributed by atoms with Crippen molar-refractivity contribution in [2.75, 3.05) is 30.3 Å². The van der Waals surface area contributed by atoms with Crippen molar-refractivity contribution >= 4 is 11.4 Å². The minimum atomic E-state index is 0.831. The zero-order valence-electron chi connectivity index (χ0n) is 12.1. The van der Waals surface area contributed by atoms with Crippen LogP contribution in [0.4, 0.5) is 11.4 Å². The number of nitrogens with two attached hydrogens (primary N) is 2. The van der Waals surface area contributed by atoms with Crippen LogP contribution in [-0.2, 0) is 0 Å². The van der Waals surface area contributed by atoms with Crippen molar-refractivity contribution in [3.05, 3.63) is 23.8 Å². The average Bonchev–Trinajstić information content (AvgIpc) is 2.65. The fourth-order valence-electron chi connectivity index (χ4n) is 2.98. The Hall–Kier alpha value is -1.22. The van der Waals surface area contributed by atoms with Gasteiger partial charge in [0.25, 0.3) is 0 Å². The Balaban J connectivity index is 1.96. The van der Waals surface area contributed by atoms with Gasteiger partial charge in [-0.15, -0.1) is 0 Å². The van der Waals surface area contributed by atoms with Gasteiger partial charge in [0.15, 0.2) is 0 Å². The highest BCUT2D eigenvalue weighted by molar-refractivity contribution is 5.58. The molecule has 0 saturated carbocycles.